The van der Waals surface area contributed by atoms with Crippen molar-refractivity contribution in [1.82, 2.24) is 15.5 Å². The lowest BCUT2D eigenvalue weighted by molar-refractivity contribution is 0.190. The van der Waals surface area contributed by atoms with Gasteiger partial charge in [0, 0.05) is 32.2 Å². The molecule has 1 unspecified atom stereocenters. The van der Waals surface area contributed by atoms with Crippen LogP contribution < -0.4 is 10.6 Å². The number of carbonyl (C=O) groups is 1. The van der Waals surface area contributed by atoms with Crippen molar-refractivity contribution in [2.45, 2.75) is 26.3 Å². The highest BCUT2D eigenvalue weighted by Gasteiger charge is 2.53. The lowest BCUT2D eigenvalue weighted by Gasteiger charge is -2.25. The molecule has 2 fully saturated rings. The van der Waals surface area contributed by atoms with E-state index >= 15 is 0 Å². The summed E-state index contributed by atoms with van der Waals surface area (Å²) in [5.41, 5.74) is 1.29. The van der Waals surface area contributed by atoms with Gasteiger partial charge in [0.15, 0.2) is 0 Å². The van der Waals surface area contributed by atoms with Gasteiger partial charge in [0.2, 0.25) is 0 Å². The molecule has 1 heterocycles. The lowest BCUT2D eigenvalue weighted by atomic mass is 10.1. The molecule has 0 radical (unpaired) electrons. The van der Waals surface area contributed by atoms with Gasteiger partial charge in [-0.1, -0.05) is 44.2 Å². The van der Waals surface area contributed by atoms with E-state index in [9.17, 15) is 4.79 Å². The monoisotopic (exact) mass is 301 g/mol. The maximum Gasteiger partial charge on any atom is 0.317 e. The van der Waals surface area contributed by atoms with Crippen LogP contribution in [0.5, 0.6) is 0 Å². The van der Waals surface area contributed by atoms with Crippen molar-refractivity contribution < 1.29 is 4.79 Å². The third-order valence-corrected chi connectivity index (χ3v) is 4.77. The first-order valence-corrected chi connectivity index (χ1v) is 8.45. The Labute approximate surface area is 133 Å². The quantitative estimate of drug-likeness (QED) is 0.845. The fourth-order valence-corrected chi connectivity index (χ4v) is 3.49. The number of benzene rings is 1. The molecule has 2 amide bonds. The molecule has 1 aromatic rings. The fourth-order valence-electron chi connectivity index (χ4n) is 3.49. The van der Waals surface area contributed by atoms with Crippen molar-refractivity contribution in [1.29, 1.82) is 0 Å². The number of nitrogens with one attached hydrogen (secondary N) is 2. The summed E-state index contributed by atoms with van der Waals surface area (Å²) in [6, 6.07) is 10.9. The first-order valence-electron chi connectivity index (χ1n) is 8.45. The molecule has 1 aromatic carbocycles. The number of fused-ring (bicyclic) bond motifs is 1. The summed E-state index contributed by atoms with van der Waals surface area (Å²) in [6.45, 7) is 8.05. The van der Waals surface area contributed by atoms with Gasteiger partial charge in [-0.3, -0.25) is 0 Å². The Morgan fingerprint density at radius 2 is 1.95 bits per heavy atom. The standard InChI is InChI=1S/C18H27N3O/c1-13(2)12-21(9-8-14-6-4-3-5-7-14)18(22)20-17-15-10-19-11-16(15)17/h3-7,13,15-17,19H,8-12H2,1-2H3,(H,20,22)/t15-,16+,17?. The van der Waals surface area contributed by atoms with Gasteiger partial charge in [0.05, 0.1) is 0 Å². The smallest absolute Gasteiger partial charge is 0.317 e. The van der Waals surface area contributed by atoms with Gasteiger partial charge in [-0.05, 0) is 29.7 Å². The molecule has 2 aliphatic rings. The summed E-state index contributed by atoms with van der Waals surface area (Å²) in [7, 11) is 0. The predicted molar refractivity (Wildman–Crippen MR) is 88.7 cm³/mol. The van der Waals surface area contributed by atoms with Crippen LogP contribution in [0.4, 0.5) is 4.79 Å². The molecule has 3 rings (SSSR count). The number of hydrogen-bond acceptors (Lipinski definition) is 2. The molecule has 22 heavy (non-hydrogen) atoms. The van der Waals surface area contributed by atoms with E-state index < -0.39 is 0 Å². The normalized spacial score (nSPS) is 25.9. The first-order chi connectivity index (χ1) is 10.6. The van der Waals surface area contributed by atoms with E-state index in [-0.39, 0.29) is 6.03 Å². The number of carbonyl (C=O) groups excluding carboxylic acids is 1. The number of amides is 2. The van der Waals surface area contributed by atoms with E-state index in [0.29, 0.717) is 23.8 Å². The molecule has 3 atom stereocenters. The van der Waals surface area contributed by atoms with Crippen LogP contribution in [0.25, 0.3) is 0 Å². The molecule has 1 aliphatic carbocycles. The minimum Gasteiger partial charge on any atom is -0.335 e. The SMILES string of the molecule is CC(C)CN(CCc1ccccc1)C(=O)NC1[C@H]2CNC[C@@H]12. The molecule has 0 aromatic heterocycles. The molecule has 2 N–H and O–H groups in total. The average molecular weight is 301 g/mol. The highest BCUT2D eigenvalue weighted by Crippen LogP contribution is 2.41. The van der Waals surface area contributed by atoms with E-state index in [4.69, 9.17) is 0 Å². The van der Waals surface area contributed by atoms with Gasteiger partial charge in [0.25, 0.3) is 0 Å². The lowest BCUT2D eigenvalue weighted by Crippen LogP contribution is -2.45. The van der Waals surface area contributed by atoms with Gasteiger partial charge in [-0.2, -0.15) is 0 Å². The number of nitrogens with zero attached hydrogens (tertiary/aromatic N) is 1. The third-order valence-electron chi connectivity index (χ3n) is 4.77. The van der Waals surface area contributed by atoms with Crippen molar-refractivity contribution in [3.05, 3.63) is 35.9 Å². The minimum atomic E-state index is 0.115. The summed E-state index contributed by atoms with van der Waals surface area (Å²) in [5, 5.41) is 6.61. The summed E-state index contributed by atoms with van der Waals surface area (Å²) in [6.07, 6.45) is 0.917. The zero-order chi connectivity index (χ0) is 15.5. The summed E-state index contributed by atoms with van der Waals surface area (Å²) in [5.74, 6) is 1.82. The topological polar surface area (TPSA) is 44.4 Å². The molecule has 1 saturated carbocycles. The van der Waals surface area contributed by atoms with Crippen LogP contribution in [-0.4, -0.2) is 43.2 Å². The van der Waals surface area contributed by atoms with Crippen LogP contribution in [0.15, 0.2) is 30.3 Å². The van der Waals surface area contributed by atoms with Crippen molar-refractivity contribution in [3.8, 4) is 0 Å². The molecule has 0 spiro atoms. The Morgan fingerprint density at radius 3 is 2.59 bits per heavy atom. The van der Waals surface area contributed by atoms with Crippen LogP contribution in [0, 0.1) is 17.8 Å². The molecular formula is C18H27N3O. The van der Waals surface area contributed by atoms with Crippen LogP contribution in [0.2, 0.25) is 0 Å². The second-order valence-corrected chi connectivity index (χ2v) is 7.04. The molecule has 0 bridgehead atoms. The highest BCUT2D eigenvalue weighted by molar-refractivity contribution is 5.75. The van der Waals surface area contributed by atoms with Gasteiger partial charge in [-0.25, -0.2) is 4.79 Å². The van der Waals surface area contributed by atoms with Crippen LogP contribution >= 0.6 is 0 Å². The van der Waals surface area contributed by atoms with E-state index in [0.717, 1.165) is 32.6 Å². The van der Waals surface area contributed by atoms with Crippen molar-refractivity contribution in [2.24, 2.45) is 17.8 Å². The Kier molecular flexibility index (Phi) is 4.67. The highest BCUT2D eigenvalue weighted by atomic mass is 16.2. The molecule has 4 heteroatoms. The molecule has 4 nitrogen and oxygen atoms in total. The van der Waals surface area contributed by atoms with Gasteiger partial charge < -0.3 is 15.5 Å². The van der Waals surface area contributed by atoms with E-state index in [1.807, 2.05) is 11.0 Å². The third kappa shape index (κ3) is 3.61. The number of piperidine rings is 1. The van der Waals surface area contributed by atoms with Gasteiger partial charge >= 0.3 is 6.03 Å². The Balaban J connectivity index is 1.53. The second kappa shape index (κ2) is 6.69. The maximum absolute atomic E-state index is 12.6. The minimum absolute atomic E-state index is 0.115. The summed E-state index contributed by atoms with van der Waals surface area (Å²) < 4.78 is 0. The van der Waals surface area contributed by atoms with Crippen molar-refractivity contribution >= 4 is 6.03 Å². The van der Waals surface area contributed by atoms with E-state index in [2.05, 4.69) is 48.7 Å². The Morgan fingerprint density at radius 1 is 1.27 bits per heavy atom. The molecule has 1 aliphatic heterocycles. The van der Waals surface area contributed by atoms with E-state index in [1.54, 1.807) is 0 Å². The number of urea groups is 1. The second-order valence-electron chi connectivity index (χ2n) is 7.04. The fraction of sp³-hybridized carbons (Fsp3) is 0.611. The van der Waals surface area contributed by atoms with Gasteiger partial charge in [0.1, 0.15) is 0 Å². The average Bonchev–Trinajstić information content (AvgIpc) is 2.94. The summed E-state index contributed by atoms with van der Waals surface area (Å²) in [4.78, 5) is 14.6. The van der Waals surface area contributed by atoms with E-state index in [1.165, 1.54) is 5.56 Å². The number of hydrogen-bond donors (Lipinski definition) is 2. The zero-order valence-electron chi connectivity index (χ0n) is 13.6. The Bertz CT molecular complexity index is 492. The predicted octanol–water partition coefficient (Wildman–Crippen LogP) is 2.11. The largest absolute Gasteiger partial charge is 0.335 e. The van der Waals surface area contributed by atoms with Crippen LogP contribution in [0.1, 0.15) is 19.4 Å². The number of rotatable bonds is 6. The van der Waals surface area contributed by atoms with Crippen LogP contribution in [-0.2, 0) is 6.42 Å². The van der Waals surface area contributed by atoms with Crippen molar-refractivity contribution in [3.63, 3.8) is 0 Å². The molecular weight excluding hydrogens is 274 g/mol. The molecule has 1 saturated heterocycles. The van der Waals surface area contributed by atoms with Crippen LogP contribution in [0.3, 0.4) is 0 Å². The Hall–Kier alpha value is -1.55. The van der Waals surface area contributed by atoms with Gasteiger partial charge in [-0.15, -0.1) is 0 Å². The van der Waals surface area contributed by atoms with Crippen molar-refractivity contribution in [2.75, 3.05) is 26.2 Å². The zero-order valence-corrected chi connectivity index (χ0v) is 13.6. The summed E-state index contributed by atoms with van der Waals surface area (Å²) >= 11 is 0. The first kappa shape index (κ1) is 15.3. The molecule has 120 valence electrons. The maximum atomic E-state index is 12.6.